The Balaban J connectivity index is 3.27. The first-order chi connectivity index (χ1) is 5.67. The summed E-state index contributed by atoms with van der Waals surface area (Å²) in [5.41, 5.74) is -0.690. The lowest BCUT2D eigenvalue weighted by atomic mass is 10.1. The minimum Gasteiger partial charge on any atom is -0.269 e. The van der Waals surface area contributed by atoms with Gasteiger partial charge in [-0.25, -0.2) is 12.7 Å². The van der Waals surface area contributed by atoms with Crippen molar-refractivity contribution in [1.82, 2.24) is 4.31 Å². The van der Waals surface area contributed by atoms with Crippen molar-refractivity contribution >= 4 is 15.9 Å². The van der Waals surface area contributed by atoms with Gasteiger partial charge in [-0.3, -0.25) is 4.79 Å². The summed E-state index contributed by atoms with van der Waals surface area (Å²) in [6.45, 7) is 6.50. The van der Waals surface area contributed by atoms with Gasteiger partial charge in [-0.1, -0.05) is 0 Å². The molecule has 5 heteroatoms. The number of carbonyl (C=O) groups is 1. The monoisotopic (exact) mass is 203 g/mol. The van der Waals surface area contributed by atoms with E-state index in [2.05, 4.69) is 0 Å². The molecule has 0 N–H and O–H groups in total. The van der Waals surface area contributed by atoms with Crippen molar-refractivity contribution in [3.05, 3.63) is 11.0 Å². The summed E-state index contributed by atoms with van der Waals surface area (Å²) in [5, 5.41) is 0. The molecule has 0 aliphatic carbocycles. The Hall–Kier alpha value is -0.840. The molecule has 0 aromatic heterocycles. The first-order valence-corrected chi connectivity index (χ1v) is 5.39. The fourth-order valence-electron chi connectivity index (χ4n) is 1.26. The molecule has 1 aliphatic heterocycles. The number of carbonyl (C=O) groups excluding carboxylic acids is 1. The molecule has 0 unspecified atom stereocenters. The van der Waals surface area contributed by atoms with Gasteiger partial charge in [0.15, 0.2) is 0 Å². The molecule has 0 atom stereocenters. The summed E-state index contributed by atoms with van der Waals surface area (Å²) < 4.78 is 24.1. The lowest BCUT2D eigenvalue weighted by molar-refractivity contribution is -0.123. The molecule has 1 rings (SSSR count). The molecule has 1 amide bonds. The highest BCUT2D eigenvalue weighted by Gasteiger charge is 2.41. The molecule has 13 heavy (non-hydrogen) atoms. The van der Waals surface area contributed by atoms with Crippen LogP contribution in [0.25, 0.3) is 0 Å². The lowest BCUT2D eigenvalue weighted by Gasteiger charge is -2.30. The molecule has 0 bridgehead atoms. The molecular formula is C8H13NO3S. The van der Waals surface area contributed by atoms with Crippen LogP contribution in [0.15, 0.2) is 11.0 Å². The van der Waals surface area contributed by atoms with Gasteiger partial charge in [0, 0.05) is 6.08 Å². The van der Waals surface area contributed by atoms with Gasteiger partial charge in [0.05, 0.1) is 10.4 Å². The summed E-state index contributed by atoms with van der Waals surface area (Å²) >= 11 is 0. The maximum Gasteiger partial charge on any atom is 0.263 e. The van der Waals surface area contributed by atoms with Crippen LogP contribution in [0.2, 0.25) is 0 Å². The largest absolute Gasteiger partial charge is 0.269 e. The summed E-state index contributed by atoms with van der Waals surface area (Å²) in [6, 6.07) is 0. The van der Waals surface area contributed by atoms with Crippen LogP contribution >= 0.6 is 0 Å². The third-order valence-corrected chi connectivity index (χ3v) is 3.92. The Kier molecular flexibility index (Phi) is 2.03. The van der Waals surface area contributed by atoms with Crippen LogP contribution in [0, 0.1) is 0 Å². The first-order valence-electron chi connectivity index (χ1n) is 3.95. The van der Waals surface area contributed by atoms with Crippen LogP contribution in [0.5, 0.6) is 0 Å². The average molecular weight is 203 g/mol. The molecule has 0 saturated carbocycles. The lowest BCUT2D eigenvalue weighted by Crippen LogP contribution is -2.45. The summed E-state index contributed by atoms with van der Waals surface area (Å²) in [4.78, 5) is 11.4. The maximum absolute atomic E-state index is 11.6. The van der Waals surface area contributed by atoms with E-state index in [1.54, 1.807) is 20.8 Å². The predicted molar refractivity (Wildman–Crippen MR) is 49.3 cm³/mol. The van der Waals surface area contributed by atoms with E-state index in [1.165, 1.54) is 6.92 Å². The van der Waals surface area contributed by atoms with Gasteiger partial charge in [-0.15, -0.1) is 0 Å². The number of hydrogen-bond acceptors (Lipinski definition) is 3. The summed E-state index contributed by atoms with van der Waals surface area (Å²) in [7, 11) is -3.53. The number of hydrogen-bond donors (Lipinski definition) is 0. The molecule has 0 spiro atoms. The SMILES string of the molecule is CC1=CC(=O)N(C(C)(C)C)S1(=O)=O. The third-order valence-electron chi connectivity index (χ3n) is 1.78. The molecule has 0 radical (unpaired) electrons. The van der Waals surface area contributed by atoms with Crippen LogP contribution in [0.1, 0.15) is 27.7 Å². The van der Waals surface area contributed by atoms with E-state index in [1.807, 2.05) is 0 Å². The summed E-state index contributed by atoms with van der Waals surface area (Å²) in [6.07, 6.45) is 1.15. The first kappa shape index (κ1) is 10.2. The van der Waals surface area contributed by atoms with E-state index in [4.69, 9.17) is 0 Å². The van der Waals surface area contributed by atoms with E-state index >= 15 is 0 Å². The second-order valence-corrected chi connectivity index (χ2v) is 5.99. The molecule has 0 fully saturated rings. The number of amides is 1. The van der Waals surface area contributed by atoms with E-state index in [-0.39, 0.29) is 4.91 Å². The van der Waals surface area contributed by atoms with Crippen LogP contribution in [-0.2, 0) is 14.8 Å². The van der Waals surface area contributed by atoms with Gasteiger partial charge < -0.3 is 0 Å². The minimum absolute atomic E-state index is 0.118. The molecule has 0 aromatic carbocycles. The molecule has 1 aliphatic rings. The van der Waals surface area contributed by atoms with Crippen molar-refractivity contribution in [3.8, 4) is 0 Å². The molecule has 4 nitrogen and oxygen atoms in total. The molecular weight excluding hydrogens is 190 g/mol. The third kappa shape index (κ3) is 1.48. The van der Waals surface area contributed by atoms with E-state index in [0.29, 0.717) is 0 Å². The zero-order chi connectivity index (χ0) is 10.4. The highest BCUT2D eigenvalue weighted by molar-refractivity contribution is 7.94. The normalized spacial score (nSPS) is 22.0. The van der Waals surface area contributed by atoms with Crippen molar-refractivity contribution in [2.45, 2.75) is 33.2 Å². The molecule has 74 valence electrons. The van der Waals surface area contributed by atoms with Crippen molar-refractivity contribution in [2.75, 3.05) is 0 Å². The number of nitrogens with zero attached hydrogens (tertiary/aromatic N) is 1. The van der Waals surface area contributed by atoms with Crippen LogP contribution in [0.3, 0.4) is 0 Å². The zero-order valence-electron chi connectivity index (χ0n) is 8.16. The molecule has 0 saturated heterocycles. The Morgan fingerprint density at radius 3 is 1.92 bits per heavy atom. The Morgan fingerprint density at radius 1 is 1.31 bits per heavy atom. The Bertz CT molecular complexity index is 373. The van der Waals surface area contributed by atoms with Crippen molar-refractivity contribution in [3.63, 3.8) is 0 Å². The van der Waals surface area contributed by atoms with Crippen molar-refractivity contribution < 1.29 is 13.2 Å². The zero-order valence-corrected chi connectivity index (χ0v) is 8.97. The van der Waals surface area contributed by atoms with Gasteiger partial charge in [0.2, 0.25) is 0 Å². The van der Waals surface area contributed by atoms with Gasteiger partial charge in [0.1, 0.15) is 0 Å². The van der Waals surface area contributed by atoms with Gasteiger partial charge in [-0.05, 0) is 27.7 Å². The standard InChI is InChI=1S/C8H13NO3S/c1-6-5-7(10)9(8(2,3)4)13(6,11)12/h5H,1-4H3. The van der Waals surface area contributed by atoms with E-state index in [9.17, 15) is 13.2 Å². The van der Waals surface area contributed by atoms with Crippen LogP contribution in [0.4, 0.5) is 0 Å². The highest BCUT2D eigenvalue weighted by atomic mass is 32.2. The fourth-order valence-corrected chi connectivity index (χ4v) is 2.81. The minimum atomic E-state index is -3.53. The Morgan fingerprint density at radius 2 is 1.77 bits per heavy atom. The predicted octanol–water partition coefficient (Wildman–Crippen LogP) is 0.861. The fraction of sp³-hybridized carbons (Fsp3) is 0.625. The van der Waals surface area contributed by atoms with Crippen molar-refractivity contribution in [1.29, 1.82) is 0 Å². The van der Waals surface area contributed by atoms with Crippen LogP contribution in [-0.4, -0.2) is 24.2 Å². The van der Waals surface area contributed by atoms with E-state index in [0.717, 1.165) is 10.4 Å². The van der Waals surface area contributed by atoms with Gasteiger partial charge in [-0.2, -0.15) is 0 Å². The van der Waals surface area contributed by atoms with Gasteiger partial charge >= 0.3 is 0 Å². The molecule has 0 aromatic rings. The summed E-state index contributed by atoms with van der Waals surface area (Å²) in [5.74, 6) is -0.454. The average Bonchev–Trinajstić information content (AvgIpc) is 1.99. The topological polar surface area (TPSA) is 54.5 Å². The quantitative estimate of drug-likeness (QED) is 0.586. The Labute approximate surface area is 78.3 Å². The smallest absolute Gasteiger partial charge is 0.263 e. The highest BCUT2D eigenvalue weighted by Crippen LogP contribution is 2.28. The maximum atomic E-state index is 11.6. The van der Waals surface area contributed by atoms with Crippen molar-refractivity contribution in [2.24, 2.45) is 0 Å². The van der Waals surface area contributed by atoms with Gasteiger partial charge in [0.25, 0.3) is 15.9 Å². The molecule has 1 heterocycles. The van der Waals surface area contributed by atoms with E-state index < -0.39 is 21.5 Å². The number of sulfonamides is 1. The number of rotatable bonds is 0. The second kappa shape index (κ2) is 2.57. The number of allylic oxidation sites excluding steroid dienone is 1. The second-order valence-electron chi connectivity index (χ2n) is 4.03. The van der Waals surface area contributed by atoms with Crippen LogP contribution < -0.4 is 0 Å².